The molecule has 0 heterocycles. The van der Waals surface area contributed by atoms with Crippen LogP contribution in [0.1, 0.15) is 85.5 Å². The summed E-state index contributed by atoms with van der Waals surface area (Å²) in [6.07, 6.45) is 11.7. The van der Waals surface area contributed by atoms with Gasteiger partial charge in [-0.3, -0.25) is 4.79 Å². The van der Waals surface area contributed by atoms with E-state index in [4.69, 9.17) is 4.74 Å². The molecule has 0 aromatic heterocycles. The molecule has 0 saturated heterocycles. The van der Waals surface area contributed by atoms with E-state index in [0.29, 0.717) is 34.7 Å². The van der Waals surface area contributed by atoms with Gasteiger partial charge >= 0.3 is 0 Å². The van der Waals surface area contributed by atoms with Gasteiger partial charge < -0.3 is 4.74 Å². The van der Waals surface area contributed by atoms with Crippen molar-refractivity contribution in [3.05, 3.63) is 0 Å². The zero-order valence-electron chi connectivity index (χ0n) is 16.1. The maximum absolute atomic E-state index is 12.0. The van der Waals surface area contributed by atoms with Crippen molar-refractivity contribution in [1.29, 1.82) is 0 Å². The number of carbonyl (C=O) groups excluding carboxylic acids is 1. The molecular formula is C22H36O2. The van der Waals surface area contributed by atoms with Crippen molar-refractivity contribution in [2.75, 3.05) is 0 Å². The monoisotopic (exact) mass is 332 g/mol. The molecule has 0 aromatic carbocycles. The summed E-state index contributed by atoms with van der Waals surface area (Å²) in [6.45, 7) is 9.45. The lowest BCUT2D eigenvalue weighted by molar-refractivity contribution is -0.148. The van der Waals surface area contributed by atoms with Crippen LogP contribution in [0.2, 0.25) is 0 Å². The van der Waals surface area contributed by atoms with Gasteiger partial charge in [0.15, 0.2) is 0 Å². The lowest BCUT2D eigenvalue weighted by atomic mass is 9.45. The average molecular weight is 333 g/mol. The largest absolute Gasteiger partial charge is 0.375 e. The van der Waals surface area contributed by atoms with Gasteiger partial charge in [0.25, 0.3) is 0 Å². The molecule has 0 amide bonds. The van der Waals surface area contributed by atoms with Crippen LogP contribution in [0.5, 0.6) is 0 Å². The molecule has 4 aliphatic carbocycles. The number of hydrogen-bond acceptors (Lipinski definition) is 2. The summed E-state index contributed by atoms with van der Waals surface area (Å²) in [5.41, 5.74) is 0.842. The number of rotatable bonds is 2. The standard InChI is InChI=1S/C22H36O2/c1-14(2)24-20-8-7-18-17-6-5-15-13-16(23)9-11-21(15,3)19(17)10-12-22(18,20)4/h14-15,17-20H,5-13H2,1-4H3. The fourth-order valence-corrected chi connectivity index (χ4v) is 7.55. The second-order valence-corrected chi connectivity index (χ2v) is 10.2. The summed E-state index contributed by atoms with van der Waals surface area (Å²) in [5.74, 6) is 3.81. The van der Waals surface area contributed by atoms with Crippen molar-refractivity contribution >= 4 is 5.78 Å². The third kappa shape index (κ3) is 2.42. The minimum atomic E-state index is 0.348. The zero-order chi connectivity index (χ0) is 17.1. The molecule has 0 aromatic rings. The van der Waals surface area contributed by atoms with E-state index in [1.807, 2.05) is 0 Å². The molecule has 0 N–H and O–H groups in total. The van der Waals surface area contributed by atoms with Gasteiger partial charge in [-0.2, -0.15) is 0 Å². The van der Waals surface area contributed by atoms with Crippen molar-refractivity contribution in [3.8, 4) is 0 Å². The van der Waals surface area contributed by atoms with E-state index in [1.165, 1.54) is 38.5 Å². The van der Waals surface area contributed by atoms with Crippen molar-refractivity contribution in [3.63, 3.8) is 0 Å². The van der Waals surface area contributed by atoms with Crippen LogP contribution in [0, 0.1) is 34.5 Å². The Morgan fingerprint density at radius 3 is 2.46 bits per heavy atom. The van der Waals surface area contributed by atoms with Gasteiger partial charge in [0.2, 0.25) is 0 Å². The normalized spacial score (nSPS) is 51.2. The molecular weight excluding hydrogens is 296 g/mol. The second-order valence-electron chi connectivity index (χ2n) is 10.2. The van der Waals surface area contributed by atoms with Crippen LogP contribution in [0.4, 0.5) is 0 Å². The van der Waals surface area contributed by atoms with E-state index in [1.54, 1.807) is 0 Å². The highest BCUT2D eigenvalue weighted by Crippen LogP contribution is 2.66. The lowest BCUT2D eigenvalue weighted by Crippen LogP contribution is -2.54. The van der Waals surface area contributed by atoms with Crippen LogP contribution in [-0.2, 0) is 9.53 Å². The lowest BCUT2D eigenvalue weighted by Gasteiger charge is -2.60. The highest BCUT2D eigenvalue weighted by atomic mass is 16.5. The minimum absolute atomic E-state index is 0.348. The molecule has 4 rings (SSSR count). The summed E-state index contributed by atoms with van der Waals surface area (Å²) >= 11 is 0. The van der Waals surface area contributed by atoms with E-state index < -0.39 is 0 Å². The van der Waals surface area contributed by atoms with Crippen LogP contribution in [-0.4, -0.2) is 18.0 Å². The molecule has 0 aliphatic heterocycles. The SMILES string of the molecule is CC(C)OC1CCC2C3CCC4CC(=O)CCC4(C)C3CCC12C. The van der Waals surface area contributed by atoms with E-state index in [0.717, 1.165) is 37.0 Å². The van der Waals surface area contributed by atoms with Crippen LogP contribution < -0.4 is 0 Å². The average Bonchev–Trinajstić information content (AvgIpc) is 2.84. The fourth-order valence-electron chi connectivity index (χ4n) is 7.55. The van der Waals surface area contributed by atoms with Gasteiger partial charge in [0.1, 0.15) is 5.78 Å². The summed E-state index contributed by atoms with van der Waals surface area (Å²) in [4.78, 5) is 12.0. The predicted octanol–water partition coefficient (Wildman–Crippen LogP) is 5.39. The van der Waals surface area contributed by atoms with Crippen molar-refractivity contribution in [2.24, 2.45) is 34.5 Å². The minimum Gasteiger partial charge on any atom is -0.375 e. The Kier molecular flexibility index (Phi) is 4.14. The molecule has 24 heavy (non-hydrogen) atoms. The second kappa shape index (κ2) is 5.83. The highest BCUT2D eigenvalue weighted by Gasteiger charge is 2.60. The summed E-state index contributed by atoms with van der Waals surface area (Å²) in [5, 5.41) is 0. The van der Waals surface area contributed by atoms with Crippen molar-refractivity contribution in [1.82, 2.24) is 0 Å². The Hall–Kier alpha value is -0.370. The Morgan fingerprint density at radius 2 is 1.71 bits per heavy atom. The van der Waals surface area contributed by atoms with E-state index >= 15 is 0 Å². The molecule has 0 spiro atoms. The smallest absolute Gasteiger partial charge is 0.133 e. The highest BCUT2D eigenvalue weighted by molar-refractivity contribution is 5.79. The number of carbonyl (C=O) groups is 1. The van der Waals surface area contributed by atoms with Gasteiger partial charge in [-0.25, -0.2) is 0 Å². The summed E-state index contributed by atoms with van der Waals surface area (Å²) in [7, 11) is 0. The number of fused-ring (bicyclic) bond motifs is 5. The van der Waals surface area contributed by atoms with Crippen LogP contribution >= 0.6 is 0 Å². The molecule has 0 bridgehead atoms. The Labute approximate surface area is 148 Å². The third-order valence-electron chi connectivity index (χ3n) is 8.83. The molecule has 0 radical (unpaired) electrons. The maximum Gasteiger partial charge on any atom is 0.133 e. The quantitative estimate of drug-likeness (QED) is 0.677. The first kappa shape index (κ1) is 17.1. The summed E-state index contributed by atoms with van der Waals surface area (Å²) in [6, 6.07) is 0. The van der Waals surface area contributed by atoms with E-state index in [-0.39, 0.29) is 0 Å². The van der Waals surface area contributed by atoms with Crippen LogP contribution in [0.3, 0.4) is 0 Å². The fraction of sp³-hybridized carbons (Fsp3) is 0.955. The molecule has 2 heteroatoms. The first-order valence-corrected chi connectivity index (χ1v) is 10.5. The summed E-state index contributed by atoms with van der Waals surface area (Å²) < 4.78 is 6.36. The van der Waals surface area contributed by atoms with Crippen LogP contribution in [0.15, 0.2) is 0 Å². The Morgan fingerprint density at radius 1 is 0.958 bits per heavy atom. The Balaban J connectivity index is 1.57. The number of ether oxygens (including phenoxy) is 1. The van der Waals surface area contributed by atoms with Gasteiger partial charge in [0.05, 0.1) is 12.2 Å². The molecule has 136 valence electrons. The van der Waals surface area contributed by atoms with Crippen LogP contribution in [0.25, 0.3) is 0 Å². The van der Waals surface area contributed by atoms with Gasteiger partial charge in [-0.1, -0.05) is 13.8 Å². The molecule has 4 fully saturated rings. The molecule has 7 unspecified atom stereocenters. The molecule has 7 atom stereocenters. The van der Waals surface area contributed by atoms with E-state index in [2.05, 4.69) is 27.7 Å². The molecule has 4 saturated carbocycles. The van der Waals surface area contributed by atoms with Gasteiger partial charge in [-0.15, -0.1) is 0 Å². The predicted molar refractivity (Wildman–Crippen MR) is 96.7 cm³/mol. The maximum atomic E-state index is 12.0. The van der Waals surface area contributed by atoms with Gasteiger partial charge in [0, 0.05) is 12.8 Å². The Bertz CT molecular complexity index is 512. The zero-order valence-corrected chi connectivity index (χ0v) is 16.1. The van der Waals surface area contributed by atoms with Crippen molar-refractivity contribution < 1.29 is 9.53 Å². The topological polar surface area (TPSA) is 26.3 Å². The first-order valence-electron chi connectivity index (χ1n) is 10.5. The third-order valence-corrected chi connectivity index (χ3v) is 8.83. The van der Waals surface area contributed by atoms with E-state index in [9.17, 15) is 4.79 Å². The number of hydrogen-bond donors (Lipinski definition) is 0. The number of ketones is 1. The molecule has 4 aliphatic rings. The first-order chi connectivity index (χ1) is 11.3. The van der Waals surface area contributed by atoms with Gasteiger partial charge in [-0.05, 0) is 93.3 Å². The number of Topliss-reactive ketones (excluding diaryl/α,β-unsaturated/α-hetero) is 1. The van der Waals surface area contributed by atoms with Crippen molar-refractivity contribution in [2.45, 2.75) is 97.7 Å². The molecule has 2 nitrogen and oxygen atoms in total.